The molecular formula is C26H23ClFN3OS. The van der Waals surface area contributed by atoms with Crippen molar-refractivity contribution in [1.29, 1.82) is 0 Å². The molecule has 0 amide bonds. The highest BCUT2D eigenvalue weighted by atomic mass is 35.5. The molecule has 5 rings (SSSR count). The summed E-state index contributed by atoms with van der Waals surface area (Å²) in [7, 11) is 0. The minimum absolute atomic E-state index is 0.290. The van der Waals surface area contributed by atoms with E-state index in [1.54, 1.807) is 12.1 Å². The first-order valence-electron chi connectivity index (χ1n) is 10.9. The molecule has 1 heterocycles. The molecule has 0 saturated heterocycles. The Morgan fingerprint density at radius 2 is 1.82 bits per heavy atom. The molecule has 0 saturated carbocycles. The summed E-state index contributed by atoms with van der Waals surface area (Å²) in [6, 6.07) is 18.8. The molecule has 7 heteroatoms. The summed E-state index contributed by atoms with van der Waals surface area (Å²) < 4.78 is 22.5. The molecule has 1 aliphatic carbocycles. The van der Waals surface area contributed by atoms with E-state index < -0.39 is 0 Å². The van der Waals surface area contributed by atoms with Gasteiger partial charge in [-0.25, -0.2) is 4.39 Å². The molecule has 33 heavy (non-hydrogen) atoms. The first-order valence-corrected chi connectivity index (χ1v) is 12.3. The molecule has 3 aromatic carbocycles. The van der Waals surface area contributed by atoms with Crippen molar-refractivity contribution in [2.75, 3.05) is 0 Å². The van der Waals surface area contributed by atoms with E-state index in [0.29, 0.717) is 33.9 Å². The summed E-state index contributed by atoms with van der Waals surface area (Å²) in [5.74, 6) is 1.64. The Bertz CT molecular complexity index is 1270. The summed E-state index contributed by atoms with van der Waals surface area (Å²) >= 11 is 7.61. The Kier molecular flexibility index (Phi) is 6.38. The molecule has 0 atom stereocenters. The van der Waals surface area contributed by atoms with Crippen LogP contribution in [0, 0.1) is 12.7 Å². The predicted molar refractivity (Wildman–Crippen MR) is 130 cm³/mol. The fourth-order valence-electron chi connectivity index (χ4n) is 4.26. The van der Waals surface area contributed by atoms with Gasteiger partial charge in [0.05, 0.1) is 0 Å². The van der Waals surface area contributed by atoms with Crippen LogP contribution in [0.5, 0.6) is 5.75 Å². The third kappa shape index (κ3) is 4.50. The average molecular weight is 480 g/mol. The maximum atomic E-state index is 14.3. The third-order valence-corrected chi connectivity index (χ3v) is 7.26. The molecule has 0 spiro atoms. The van der Waals surface area contributed by atoms with Gasteiger partial charge in [-0.2, -0.15) is 0 Å². The molecule has 168 valence electrons. The summed E-state index contributed by atoms with van der Waals surface area (Å²) in [6.45, 7) is 2.45. The highest BCUT2D eigenvalue weighted by Gasteiger charge is 2.20. The van der Waals surface area contributed by atoms with E-state index in [1.807, 2.05) is 34.9 Å². The van der Waals surface area contributed by atoms with E-state index in [-0.39, 0.29) is 5.82 Å². The predicted octanol–water partition coefficient (Wildman–Crippen LogP) is 6.73. The molecule has 1 aliphatic rings. The van der Waals surface area contributed by atoms with Crippen LogP contribution < -0.4 is 4.74 Å². The van der Waals surface area contributed by atoms with Gasteiger partial charge in [-0.15, -0.1) is 10.2 Å². The fraction of sp³-hybridized carbons (Fsp3) is 0.231. The lowest BCUT2D eigenvalue weighted by Gasteiger charge is -2.14. The molecule has 4 aromatic rings. The van der Waals surface area contributed by atoms with Crippen LogP contribution in [0.3, 0.4) is 0 Å². The largest absolute Gasteiger partial charge is 0.485 e. The van der Waals surface area contributed by atoms with Gasteiger partial charge in [0.2, 0.25) is 0 Å². The number of benzene rings is 3. The number of fused-ring (bicyclic) bond motifs is 1. The maximum Gasteiger partial charge on any atom is 0.196 e. The van der Waals surface area contributed by atoms with Gasteiger partial charge in [0.1, 0.15) is 18.2 Å². The zero-order valence-electron chi connectivity index (χ0n) is 18.2. The van der Waals surface area contributed by atoms with Gasteiger partial charge in [0.15, 0.2) is 11.0 Å². The van der Waals surface area contributed by atoms with Crippen LogP contribution >= 0.6 is 23.4 Å². The van der Waals surface area contributed by atoms with E-state index in [1.165, 1.54) is 34.5 Å². The number of halogens is 2. The van der Waals surface area contributed by atoms with Gasteiger partial charge in [-0.3, -0.25) is 4.57 Å². The van der Waals surface area contributed by atoms with Crippen LogP contribution in [0.1, 0.15) is 34.5 Å². The third-order valence-electron chi connectivity index (χ3n) is 5.95. The highest BCUT2D eigenvalue weighted by Crippen LogP contribution is 2.34. The molecule has 1 aromatic heterocycles. The second-order valence-electron chi connectivity index (χ2n) is 8.04. The molecule has 0 radical (unpaired) electrons. The molecule has 0 bridgehead atoms. The van der Waals surface area contributed by atoms with E-state index >= 15 is 0 Å². The van der Waals surface area contributed by atoms with Crippen molar-refractivity contribution in [2.24, 2.45) is 0 Å². The number of aryl methyl sites for hydroxylation is 1. The van der Waals surface area contributed by atoms with Crippen LogP contribution in [0.4, 0.5) is 4.39 Å². The molecule has 0 unspecified atom stereocenters. The topological polar surface area (TPSA) is 39.9 Å². The van der Waals surface area contributed by atoms with Gasteiger partial charge in [0.25, 0.3) is 0 Å². The lowest BCUT2D eigenvalue weighted by Crippen LogP contribution is -2.07. The number of thioether (sulfide) groups is 1. The first kappa shape index (κ1) is 22.0. The lowest BCUT2D eigenvalue weighted by molar-refractivity contribution is 0.290. The summed E-state index contributed by atoms with van der Waals surface area (Å²) in [5.41, 5.74) is 5.43. The van der Waals surface area contributed by atoms with Crippen LogP contribution in [-0.2, 0) is 25.2 Å². The summed E-state index contributed by atoms with van der Waals surface area (Å²) in [6.07, 6.45) is 3.32. The monoisotopic (exact) mass is 479 g/mol. The number of rotatable bonds is 7. The van der Waals surface area contributed by atoms with Crippen LogP contribution in [0.15, 0.2) is 65.8 Å². The van der Waals surface area contributed by atoms with Crippen molar-refractivity contribution in [3.63, 3.8) is 0 Å². The van der Waals surface area contributed by atoms with Crippen molar-refractivity contribution in [3.05, 3.63) is 99.6 Å². The number of ether oxygens (including phenoxy) is 1. The first-order chi connectivity index (χ1) is 16.1. The Morgan fingerprint density at radius 1 is 1.00 bits per heavy atom. The van der Waals surface area contributed by atoms with Crippen molar-refractivity contribution in [1.82, 2.24) is 14.8 Å². The normalized spacial score (nSPS) is 12.7. The molecule has 0 aliphatic heterocycles. The number of hydrogen-bond donors (Lipinski definition) is 0. The smallest absolute Gasteiger partial charge is 0.196 e. The maximum absolute atomic E-state index is 14.3. The second kappa shape index (κ2) is 9.57. The quantitative estimate of drug-likeness (QED) is 0.275. The highest BCUT2D eigenvalue weighted by molar-refractivity contribution is 7.98. The van der Waals surface area contributed by atoms with Crippen molar-refractivity contribution < 1.29 is 9.13 Å². The zero-order chi connectivity index (χ0) is 22.8. The molecule has 0 N–H and O–H groups in total. The van der Waals surface area contributed by atoms with E-state index in [0.717, 1.165) is 30.7 Å². The van der Waals surface area contributed by atoms with Crippen LogP contribution in [-0.4, -0.2) is 14.8 Å². The fourth-order valence-corrected chi connectivity index (χ4v) is 5.58. The van der Waals surface area contributed by atoms with Crippen molar-refractivity contribution >= 4 is 23.4 Å². The summed E-state index contributed by atoms with van der Waals surface area (Å²) in [5, 5.41) is 9.88. The molecule has 4 nitrogen and oxygen atoms in total. The standard InChI is InChI=1S/C26H23ClFN3OS/c1-17-13-14-24(20-10-5-9-19(17)20)32-15-25-29-30-26(31(25)18-7-3-2-4-8-18)33-16-21-22(27)11-6-12-23(21)28/h2-4,6-8,11-14H,5,9-10,15-16H2,1H3. The van der Waals surface area contributed by atoms with Crippen molar-refractivity contribution in [2.45, 2.75) is 43.7 Å². The van der Waals surface area contributed by atoms with Gasteiger partial charge >= 0.3 is 0 Å². The van der Waals surface area contributed by atoms with E-state index in [4.69, 9.17) is 16.3 Å². The van der Waals surface area contributed by atoms with Gasteiger partial charge < -0.3 is 4.74 Å². The molecular weight excluding hydrogens is 457 g/mol. The number of para-hydroxylation sites is 1. The zero-order valence-corrected chi connectivity index (χ0v) is 19.8. The van der Waals surface area contributed by atoms with Gasteiger partial charge in [-0.1, -0.05) is 53.7 Å². The molecule has 0 fully saturated rings. The minimum atomic E-state index is -0.322. The van der Waals surface area contributed by atoms with Gasteiger partial charge in [-0.05, 0) is 73.2 Å². The van der Waals surface area contributed by atoms with E-state index in [9.17, 15) is 4.39 Å². The van der Waals surface area contributed by atoms with Crippen LogP contribution in [0.25, 0.3) is 5.69 Å². The Balaban J connectivity index is 1.42. The Morgan fingerprint density at radius 3 is 2.64 bits per heavy atom. The number of aromatic nitrogens is 3. The van der Waals surface area contributed by atoms with E-state index in [2.05, 4.69) is 29.3 Å². The average Bonchev–Trinajstić information content (AvgIpc) is 3.47. The second-order valence-corrected chi connectivity index (χ2v) is 9.39. The van der Waals surface area contributed by atoms with Gasteiger partial charge in [0, 0.05) is 22.0 Å². The Hall–Kier alpha value is -2.83. The van der Waals surface area contributed by atoms with Crippen LogP contribution in [0.2, 0.25) is 5.02 Å². The SMILES string of the molecule is Cc1ccc(OCc2nnc(SCc3c(F)cccc3Cl)n2-c2ccccc2)c2c1CCC2. The Labute approximate surface area is 201 Å². The number of nitrogens with zero attached hydrogens (tertiary/aromatic N) is 3. The number of hydrogen-bond acceptors (Lipinski definition) is 4. The summed E-state index contributed by atoms with van der Waals surface area (Å²) in [4.78, 5) is 0. The minimum Gasteiger partial charge on any atom is -0.485 e. The lowest BCUT2D eigenvalue weighted by atomic mass is 10.0. The van der Waals surface area contributed by atoms with Crippen molar-refractivity contribution in [3.8, 4) is 11.4 Å².